The highest BCUT2D eigenvalue weighted by Crippen LogP contribution is 2.20. The maximum Gasteiger partial charge on any atom is 0.303 e. The van der Waals surface area contributed by atoms with Gasteiger partial charge in [0.15, 0.2) is 0 Å². The van der Waals surface area contributed by atoms with Gasteiger partial charge in [-0.1, -0.05) is 6.92 Å². The molecule has 16 heavy (non-hydrogen) atoms. The summed E-state index contributed by atoms with van der Waals surface area (Å²) in [6.45, 7) is 3.18. The molecule has 0 saturated carbocycles. The molecule has 1 aliphatic rings. The van der Waals surface area contributed by atoms with Crippen molar-refractivity contribution >= 4 is 11.9 Å². The summed E-state index contributed by atoms with van der Waals surface area (Å²) in [7, 11) is 0. The molecule has 1 amide bonds. The Morgan fingerprint density at radius 2 is 2.00 bits per heavy atom. The second kappa shape index (κ2) is 5.84. The molecule has 0 bridgehead atoms. The number of hydrogen-bond acceptors (Lipinski definition) is 3. The van der Waals surface area contributed by atoms with Crippen LogP contribution in [0, 0.1) is 5.92 Å². The second-order valence-electron chi connectivity index (χ2n) is 4.38. The fourth-order valence-electron chi connectivity index (χ4n) is 2.01. The first kappa shape index (κ1) is 13.0. The third-order valence-corrected chi connectivity index (χ3v) is 3.15. The van der Waals surface area contributed by atoms with Crippen LogP contribution in [0.3, 0.4) is 0 Å². The maximum absolute atomic E-state index is 11.7. The zero-order valence-electron chi connectivity index (χ0n) is 9.69. The first-order valence-electron chi connectivity index (χ1n) is 5.80. The molecule has 1 aliphatic heterocycles. The van der Waals surface area contributed by atoms with Crippen LogP contribution < -0.4 is 5.73 Å². The summed E-state index contributed by atoms with van der Waals surface area (Å²) in [5.74, 6) is -0.550. The first-order chi connectivity index (χ1) is 7.54. The summed E-state index contributed by atoms with van der Waals surface area (Å²) in [6, 6.07) is -0.406. The van der Waals surface area contributed by atoms with Gasteiger partial charge in [0.05, 0.1) is 6.04 Å². The van der Waals surface area contributed by atoms with Gasteiger partial charge in [0.25, 0.3) is 0 Å². The van der Waals surface area contributed by atoms with E-state index in [0.29, 0.717) is 19.5 Å². The van der Waals surface area contributed by atoms with Crippen LogP contribution in [0.2, 0.25) is 0 Å². The molecule has 0 aliphatic carbocycles. The average molecular weight is 228 g/mol. The Hall–Kier alpha value is -1.10. The van der Waals surface area contributed by atoms with Gasteiger partial charge < -0.3 is 15.7 Å². The van der Waals surface area contributed by atoms with Crippen molar-refractivity contribution in [1.29, 1.82) is 0 Å². The molecule has 5 nitrogen and oxygen atoms in total. The number of nitrogens with zero attached hydrogens (tertiary/aromatic N) is 1. The molecule has 0 spiro atoms. The standard InChI is InChI=1S/C11H20N2O3/c1-2-9(12)11(16)13-5-3-8(4-6-13)7-10(14)15/h8-9H,2-7,12H2,1H3,(H,14,15)/t9-/m0/s1. The Labute approximate surface area is 95.6 Å². The zero-order chi connectivity index (χ0) is 12.1. The summed E-state index contributed by atoms with van der Waals surface area (Å²) >= 11 is 0. The van der Waals surface area contributed by atoms with Crippen molar-refractivity contribution in [3.63, 3.8) is 0 Å². The summed E-state index contributed by atoms with van der Waals surface area (Å²) < 4.78 is 0. The van der Waals surface area contributed by atoms with Crippen molar-refractivity contribution in [3.8, 4) is 0 Å². The lowest BCUT2D eigenvalue weighted by Gasteiger charge is -2.32. The van der Waals surface area contributed by atoms with Gasteiger partial charge in [0.2, 0.25) is 5.91 Å². The number of amides is 1. The highest BCUT2D eigenvalue weighted by molar-refractivity contribution is 5.81. The minimum Gasteiger partial charge on any atom is -0.481 e. The number of carboxylic acid groups (broad SMARTS) is 1. The third kappa shape index (κ3) is 3.48. The van der Waals surface area contributed by atoms with Gasteiger partial charge in [0, 0.05) is 19.5 Å². The van der Waals surface area contributed by atoms with E-state index in [1.54, 1.807) is 4.90 Å². The van der Waals surface area contributed by atoms with Crippen LogP contribution in [-0.2, 0) is 9.59 Å². The Kier molecular flexibility index (Phi) is 4.73. The largest absolute Gasteiger partial charge is 0.481 e. The Morgan fingerprint density at radius 3 is 2.44 bits per heavy atom. The minimum atomic E-state index is -0.755. The van der Waals surface area contributed by atoms with Crippen molar-refractivity contribution in [2.45, 2.75) is 38.6 Å². The molecule has 3 N–H and O–H groups in total. The monoisotopic (exact) mass is 228 g/mol. The summed E-state index contributed by atoms with van der Waals surface area (Å²) in [4.78, 5) is 24.0. The van der Waals surface area contributed by atoms with E-state index < -0.39 is 12.0 Å². The Balaban J connectivity index is 2.37. The van der Waals surface area contributed by atoms with Gasteiger partial charge in [-0.2, -0.15) is 0 Å². The molecule has 5 heteroatoms. The molecular formula is C11H20N2O3. The smallest absolute Gasteiger partial charge is 0.303 e. The van der Waals surface area contributed by atoms with Crippen LogP contribution in [0.5, 0.6) is 0 Å². The van der Waals surface area contributed by atoms with E-state index >= 15 is 0 Å². The van der Waals surface area contributed by atoms with E-state index in [9.17, 15) is 9.59 Å². The number of piperidine rings is 1. The lowest BCUT2D eigenvalue weighted by Crippen LogP contribution is -2.47. The number of aliphatic carboxylic acids is 1. The fraction of sp³-hybridized carbons (Fsp3) is 0.818. The fourth-order valence-corrected chi connectivity index (χ4v) is 2.01. The van der Waals surface area contributed by atoms with E-state index in [4.69, 9.17) is 10.8 Å². The van der Waals surface area contributed by atoms with Crippen molar-refractivity contribution < 1.29 is 14.7 Å². The first-order valence-corrected chi connectivity index (χ1v) is 5.80. The number of nitrogens with two attached hydrogens (primary N) is 1. The molecular weight excluding hydrogens is 208 g/mol. The highest BCUT2D eigenvalue weighted by atomic mass is 16.4. The van der Waals surface area contributed by atoms with Gasteiger partial charge in [-0.3, -0.25) is 9.59 Å². The number of carbonyl (C=O) groups excluding carboxylic acids is 1. The summed E-state index contributed by atoms with van der Waals surface area (Å²) in [6.07, 6.45) is 2.40. The molecule has 0 aromatic rings. The molecule has 1 heterocycles. The lowest BCUT2D eigenvalue weighted by atomic mass is 9.93. The molecule has 0 aromatic heterocycles. The molecule has 1 rings (SSSR count). The van der Waals surface area contributed by atoms with Gasteiger partial charge in [0.1, 0.15) is 0 Å². The number of likely N-dealkylation sites (tertiary alicyclic amines) is 1. The number of carboxylic acids is 1. The summed E-state index contributed by atoms with van der Waals surface area (Å²) in [5, 5.41) is 8.67. The number of rotatable bonds is 4. The van der Waals surface area contributed by atoms with Gasteiger partial charge in [-0.05, 0) is 25.2 Å². The lowest BCUT2D eigenvalue weighted by molar-refractivity contribution is -0.138. The van der Waals surface area contributed by atoms with E-state index in [2.05, 4.69) is 0 Å². The predicted octanol–water partition coefficient (Wildman–Crippen LogP) is 0.437. The second-order valence-corrected chi connectivity index (χ2v) is 4.38. The van der Waals surface area contributed by atoms with Crippen LogP contribution in [0.1, 0.15) is 32.6 Å². The van der Waals surface area contributed by atoms with Crippen molar-refractivity contribution in [1.82, 2.24) is 4.90 Å². The minimum absolute atomic E-state index is 0.00345. The van der Waals surface area contributed by atoms with Crippen LogP contribution in [-0.4, -0.2) is 41.0 Å². The summed E-state index contributed by atoms with van der Waals surface area (Å²) in [5.41, 5.74) is 5.68. The van der Waals surface area contributed by atoms with E-state index in [1.807, 2.05) is 6.92 Å². The molecule has 92 valence electrons. The highest BCUT2D eigenvalue weighted by Gasteiger charge is 2.26. The topological polar surface area (TPSA) is 83.6 Å². The predicted molar refractivity (Wildman–Crippen MR) is 59.8 cm³/mol. The van der Waals surface area contributed by atoms with E-state index in [1.165, 1.54) is 0 Å². The van der Waals surface area contributed by atoms with Crippen LogP contribution >= 0.6 is 0 Å². The number of carbonyl (C=O) groups is 2. The molecule has 1 saturated heterocycles. The molecule has 1 fully saturated rings. The van der Waals surface area contributed by atoms with Crippen LogP contribution in [0.15, 0.2) is 0 Å². The van der Waals surface area contributed by atoms with Crippen molar-refractivity contribution in [3.05, 3.63) is 0 Å². The third-order valence-electron chi connectivity index (χ3n) is 3.15. The van der Waals surface area contributed by atoms with Crippen LogP contribution in [0.25, 0.3) is 0 Å². The van der Waals surface area contributed by atoms with Gasteiger partial charge >= 0.3 is 5.97 Å². The van der Waals surface area contributed by atoms with Crippen molar-refractivity contribution in [2.75, 3.05) is 13.1 Å². The zero-order valence-corrected chi connectivity index (χ0v) is 9.69. The normalized spacial score (nSPS) is 19.5. The molecule has 0 radical (unpaired) electrons. The van der Waals surface area contributed by atoms with Gasteiger partial charge in [-0.25, -0.2) is 0 Å². The molecule has 0 aromatic carbocycles. The van der Waals surface area contributed by atoms with Crippen LogP contribution in [0.4, 0.5) is 0 Å². The SMILES string of the molecule is CC[C@H](N)C(=O)N1CCC(CC(=O)O)CC1. The van der Waals surface area contributed by atoms with Gasteiger partial charge in [-0.15, -0.1) is 0 Å². The number of hydrogen-bond donors (Lipinski definition) is 2. The average Bonchev–Trinajstić information content (AvgIpc) is 2.27. The Bertz CT molecular complexity index is 260. The van der Waals surface area contributed by atoms with E-state index in [-0.39, 0.29) is 18.2 Å². The quantitative estimate of drug-likeness (QED) is 0.731. The van der Waals surface area contributed by atoms with E-state index in [0.717, 1.165) is 12.8 Å². The molecule has 0 unspecified atom stereocenters. The Morgan fingerprint density at radius 1 is 1.44 bits per heavy atom. The van der Waals surface area contributed by atoms with Crippen molar-refractivity contribution in [2.24, 2.45) is 11.7 Å². The maximum atomic E-state index is 11.7. The molecule has 1 atom stereocenters.